The third-order valence-electron chi connectivity index (χ3n) is 3.42. The first-order chi connectivity index (χ1) is 12.1. The summed E-state index contributed by atoms with van der Waals surface area (Å²) in [5, 5.41) is 6.92. The predicted molar refractivity (Wildman–Crippen MR) is 88.8 cm³/mol. The van der Waals surface area contributed by atoms with Crippen molar-refractivity contribution in [3.8, 4) is 5.75 Å². The Morgan fingerprint density at radius 3 is 2.52 bits per heavy atom. The van der Waals surface area contributed by atoms with Gasteiger partial charge in [-0.15, -0.1) is 0 Å². The quantitative estimate of drug-likeness (QED) is 0.741. The predicted octanol–water partition coefficient (Wildman–Crippen LogP) is 3.79. The van der Waals surface area contributed by atoms with Crippen LogP contribution in [0.15, 0.2) is 67.0 Å². The molecule has 0 bridgehead atoms. The molecule has 7 heteroatoms. The molecule has 0 aliphatic rings. The molecule has 25 heavy (non-hydrogen) atoms. The Labute approximate surface area is 142 Å². The second-order valence-electron chi connectivity index (χ2n) is 5.27. The van der Waals surface area contributed by atoms with Gasteiger partial charge in [0.25, 0.3) is 5.91 Å². The number of halogens is 2. The zero-order valence-electron chi connectivity index (χ0n) is 13.1. The van der Waals surface area contributed by atoms with Crippen molar-refractivity contribution < 1.29 is 18.3 Å². The lowest BCUT2D eigenvalue weighted by Gasteiger charge is -2.06. The van der Waals surface area contributed by atoms with E-state index in [1.54, 1.807) is 17.1 Å². The smallest absolute Gasteiger partial charge is 0.387 e. The molecule has 0 fully saturated rings. The van der Waals surface area contributed by atoms with Crippen LogP contribution >= 0.6 is 0 Å². The minimum absolute atomic E-state index is 0.00207. The highest BCUT2D eigenvalue weighted by atomic mass is 19.3. The van der Waals surface area contributed by atoms with Crippen LogP contribution in [0.2, 0.25) is 0 Å². The van der Waals surface area contributed by atoms with E-state index in [1.165, 1.54) is 24.3 Å². The van der Waals surface area contributed by atoms with E-state index in [-0.39, 0.29) is 11.7 Å². The number of alkyl halides is 2. The van der Waals surface area contributed by atoms with E-state index in [1.807, 2.05) is 30.3 Å². The number of amides is 1. The zero-order valence-corrected chi connectivity index (χ0v) is 13.1. The van der Waals surface area contributed by atoms with Gasteiger partial charge in [0.1, 0.15) is 5.75 Å². The van der Waals surface area contributed by atoms with Crippen LogP contribution in [0, 0.1) is 0 Å². The number of nitrogens with one attached hydrogen (secondary N) is 1. The van der Waals surface area contributed by atoms with Crippen LogP contribution in [0.5, 0.6) is 5.75 Å². The molecule has 1 heterocycles. The normalized spacial score (nSPS) is 10.7. The molecule has 3 rings (SSSR count). The Morgan fingerprint density at radius 2 is 1.84 bits per heavy atom. The number of hydrogen-bond donors (Lipinski definition) is 1. The molecule has 0 atom stereocenters. The standard InChI is InChI=1S/C18H15F2N3O2/c19-18(20)25-16-8-6-14(7-9-16)17(24)22-15-10-21-23(12-15)11-13-4-2-1-3-5-13/h1-10,12,18H,11H2,(H,22,24). The van der Waals surface area contributed by atoms with Gasteiger partial charge in [-0.05, 0) is 29.8 Å². The maximum Gasteiger partial charge on any atom is 0.387 e. The molecule has 128 valence electrons. The summed E-state index contributed by atoms with van der Waals surface area (Å²) in [6.07, 6.45) is 3.27. The van der Waals surface area contributed by atoms with Gasteiger partial charge in [0, 0.05) is 11.8 Å². The third kappa shape index (κ3) is 4.63. The molecule has 1 N–H and O–H groups in total. The molecule has 0 spiro atoms. The molecule has 0 saturated heterocycles. The van der Waals surface area contributed by atoms with Crippen molar-refractivity contribution in [3.05, 3.63) is 78.1 Å². The van der Waals surface area contributed by atoms with Crippen LogP contribution in [-0.2, 0) is 6.54 Å². The molecule has 0 aliphatic carbocycles. The molecular weight excluding hydrogens is 328 g/mol. The molecular formula is C18H15F2N3O2. The summed E-state index contributed by atoms with van der Waals surface area (Å²) >= 11 is 0. The van der Waals surface area contributed by atoms with Crippen molar-refractivity contribution in [3.63, 3.8) is 0 Å². The highest BCUT2D eigenvalue weighted by Crippen LogP contribution is 2.16. The summed E-state index contributed by atoms with van der Waals surface area (Å²) in [6.45, 7) is -2.30. The highest BCUT2D eigenvalue weighted by molar-refractivity contribution is 6.04. The number of carbonyl (C=O) groups excluding carboxylic acids is 1. The Balaban J connectivity index is 1.61. The van der Waals surface area contributed by atoms with Crippen molar-refractivity contribution in [2.24, 2.45) is 0 Å². The van der Waals surface area contributed by atoms with Gasteiger partial charge in [0.15, 0.2) is 0 Å². The van der Waals surface area contributed by atoms with Gasteiger partial charge in [0.05, 0.1) is 18.4 Å². The zero-order chi connectivity index (χ0) is 17.6. The van der Waals surface area contributed by atoms with Crippen molar-refractivity contribution in [2.75, 3.05) is 5.32 Å². The second kappa shape index (κ2) is 7.57. The summed E-state index contributed by atoms with van der Waals surface area (Å²) in [5.74, 6) is -0.356. The topological polar surface area (TPSA) is 56.2 Å². The molecule has 5 nitrogen and oxygen atoms in total. The van der Waals surface area contributed by atoms with E-state index in [2.05, 4.69) is 15.2 Å². The summed E-state index contributed by atoms with van der Waals surface area (Å²) < 4.78 is 30.2. The maximum absolute atomic E-state index is 12.2. The SMILES string of the molecule is O=C(Nc1cnn(Cc2ccccc2)c1)c1ccc(OC(F)F)cc1. The van der Waals surface area contributed by atoms with Gasteiger partial charge < -0.3 is 10.1 Å². The lowest BCUT2D eigenvalue weighted by atomic mass is 10.2. The second-order valence-corrected chi connectivity index (χ2v) is 5.27. The van der Waals surface area contributed by atoms with Crippen molar-refractivity contribution in [1.82, 2.24) is 9.78 Å². The number of anilines is 1. The average molecular weight is 343 g/mol. The number of rotatable bonds is 6. The van der Waals surface area contributed by atoms with E-state index in [9.17, 15) is 13.6 Å². The van der Waals surface area contributed by atoms with Gasteiger partial charge in [-0.3, -0.25) is 9.48 Å². The Hall–Kier alpha value is -3.22. The van der Waals surface area contributed by atoms with Crippen LogP contribution < -0.4 is 10.1 Å². The third-order valence-corrected chi connectivity index (χ3v) is 3.42. The van der Waals surface area contributed by atoms with Crippen LogP contribution in [-0.4, -0.2) is 22.3 Å². The average Bonchev–Trinajstić information content (AvgIpc) is 3.02. The van der Waals surface area contributed by atoms with Crippen LogP contribution in [0.1, 0.15) is 15.9 Å². The molecule has 3 aromatic rings. The lowest BCUT2D eigenvalue weighted by molar-refractivity contribution is -0.0498. The summed E-state index contributed by atoms with van der Waals surface area (Å²) in [7, 11) is 0. The Morgan fingerprint density at radius 1 is 1.12 bits per heavy atom. The maximum atomic E-state index is 12.2. The first-order valence-corrected chi connectivity index (χ1v) is 7.53. The van der Waals surface area contributed by atoms with E-state index in [0.717, 1.165) is 5.56 Å². The molecule has 1 aromatic heterocycles. The van der Waals surface area contributed by atoms with Crippen molar-refractivity contribution in [2.45, 2.75) is 13.2 Å². The fourth-order valence-corrected chi connectivity index (χ4v) is 2.28. The van der Waals surface area contributed by atoms with Crippen molar-refractivity contribution in [1.29, 1.82) is 0 Å². The number of ether oxygens (including phenoxy) is 1. The highest BCUT2D eigenvalue weighted by Gasteiger charge is 2.09. The van der Waals surface area contributed by atoms with Crippen LogP contribution in [0.3, 0.4) is 0 Å². The fraction of sp³-hybridized carbons (Fsp3) is 0.111. The summed E-state index contributed by atoms with van der Waals surface area (Å²) in [5.41, 5.74) is 1.98. The minimum atomic E-state index is -2.89. The molecule has 0 radical (unpaired) electrons. The molecule has 1 amide bonds. The van der Waals surface area contributed by atoms with E-state index >= 15 is 0 Å². The van der Waals surface area contributed by atoms with Gasteiger partial charge in [-0.2, -0.15) is 13.9 Å². The van der Waals surface area contributed by atoms with E-state index < -0.39 is 6.61 Å². The van der Waals surface area contributed by atoms with Gasteiger partial charge in [-0.1, -0.05) is 30.3 Å². The Kier molecular flexibility index (Phi) is 5.03. The van der Waals surface area contributed by atoms with E-state index in [0.29, 0.717) is 17.8 Å². The number of hydrogen-bond acceptors (Lipinski definition) is 3. The van der Waals surface area contributed by atoms with Crippen LogP contribution in [0.25, 0.3) is 0 Å². The summed E-state index contributed by atoms with van der Waals surface area (Å²) in [4.78, 5) is 12.2. The first-order valence-electron chi connectivity index (χ1n) is 7.53. The molecule has 2 aromatic carbocycles. The number of nitrogens with zero attached hydrogens (tertiary/aromatic N) is 2. The largest absolute Gasteiger partial charge is 0.435 e. The molecule has 0 aliphatic heterocycles. The summed E-state index contributed by atoms with van der Waals surface area (Å²) in [6, 6.07) is 15.3. The van der Waals surface area contributed by atoms with Gasteiger partial charge in [0.2, 0.25) is 0 Å². The monoisotopic (exact) mass is 343 g/mol. The first kappa shape index (κ1) is 16.6. The minimum Gasteiger partial charge on any atom is -0.435 e. The van der Waals surface area contributed by atoms with Crippen LogP contribution in [0.4, 0.5) is 14.5 Å². The van der Waals surface area contributed by atoms with Crippen molar-refractivity contribution >= 4 is 11.6 Å². The Bertz CT molecular complexity index is 833. The molecule has 0 unspecified atom stereocenters. The number of carbonyl (C=O) groups is 1. The number of benzene rings is 2. The number of aromatic nitrogens is 2. The fourth-order valence-electron chi connectivity index (χ4n) is 2.28. The lowest BCUT2D eigenvalue weighted by Crippen LogP contribution is -2.11. The van der Waals surface area contributed by atoms with Gasteiger partial charge in [-0.25, -0.2) is 0 Å². The molecule has 0 saturated carbocycles. The van der Waals surface area contributed by atoms with E-state index in [4.69, 9.17) is 0 Å². The van der Waals surface area contributed by atoms with Gasteiger partial charge >= 0.3 is 6.61 Å².